The zero-order valence-corrected chi connectivity index (χ0v) is 8.62. The van der Waals surface area contributed by atoms with Crippen molar-refractivity contribution < 1.29 is 4.79 Å². The number of hydrogen-bond donors (Lipinski definition) is 2. The van der Waals surface area contributed by atoms with Crippen molar-refractivity contribution in [3.63, 3.8) is 0 Å². The maximum Gasteiger partial charge on any atom is 0.233 e. The van der Waals surface area contributed by atoms with Crippen LogP contribution in [-0.2, 0) is 4.79 Å². The van der Waals surface area contributed by atoms with E-state index in [1.807, 2.05) is 11.8 Å². The maximum absolute atomic E-state index is 10.7. The fraction of sp³-hybridized carbons (Fsp3) is 0.875. The first-order chi connectivity index (χ1) is 5.70. The van der Waals surface area contributed by atoms with Crippen LogP contribution in [0, 0.1) is 0 Å². The Bertz CT molecular complexity index is 130. The molecule has 12 heavy (non-hydrogen) atoms. The Morgan fingerprint density at radius 2 is 2.33 bits per heavy atom. The van der Waals surface area contributed by atoms with Gasteiger partial charge in [-0.2, -0.15) is 11.8 Å². The first kappa shape index (κ1) is 11.8. The number of amides is 1. The minimum Gasteiger partial charge on any atom is -0.294 e. The van der Waals surface area contributed by atoms with E-state index in [-0.39, 0.29) is 5.91 Å². The summed E-state index contributed by atoms with van der Waals surface area (Å²) in [6.07, 6.45) is 2.64. The van der Waals surface area contributed by atoms with Crippen molar-refractivity contribution in [2.45, 2.75) is 38.4 Å². The van der Waals surface area contributed by atoms with E-state index < -0.39 is 0 Å². The molecule has 0 aliphatic heterocycles. The van der Waals surface area contributed by atoms with E-state index in [0.29, 0.717) is 11.7 Å². The molecule has 0 heterocycles. The highest BCUT2D eigenvalue weighted by atomic mass is 32.2. The van der Waals surface area contributed by atoms with Gasteiger partial charge >= 0.3 is 0 Å². The topological polar surface area (TPSA) is 55.1 Å². The average molecular weight is 190 g/mol. The molecule has 0 fully saturated rings. The smallest absolute Gasteiger partial charge is 0.233 e. The Morgan fingerprint density at radius 3 is 2.83 bits per heavy atom. The molecule has 72 valence electrons. The number of carbonyl (C=O) groups excluding carboxylic acids is 1. The van der Waals surface area contributed by atoms with Crippen LogP contribution in [0.5, 0.6) is 0 Å². The van der Waals surface area contributed by atoms with Gasteiger partial charge in [-0.3, -0.25) is 10.2 Å². The highest BCUT2D eigenvalue weighted by Gasteiger charge is 2.00. The number of hydrazine groups is 1. The van der Waals surface area contributed by atoms with Crippen molar-refractivity contribution in [1.29, 1.82) is 0 Å². The van der Waals surface area contributed by atoms with Crippen molar-refractivity contribution in [3.05, 3.63) is 0 Å². The van der Waals surface area contributed by atoms with Crippen LogP contribution in [0.2, 0.25) is 0 Å². The van der Waals surface area contributed by atoms with E-state index in [4.69, 9.17) is 5.84 Å². The lowest BCUT2D eigenvalue weighted by molar-refractivity contribution is -0.121. The van der Waals surface area contributed by atoms with E-state index in [9.17, 15) is 4.79 Å². The second kappa shape index (κ2) is 7.43. The predicted molar refractivity (Wildman–Crippen MR) is 53.8 cm³/mol. The third kappa shape index (κ3) is 6.49. The van der Waals surface area contributed by atoms with Crippen molar-refractivity contribution in [3.8, 4) is 0 Å². The first-order valence-corrected chi connectivity index (χ1v) is 5.36. The average Bonchev–Trinajstić information content (AvgIpc) is 2.11. The fourth-order valence-corrected chi connectivity index (χ4v) is 1.66. The summed E-state index contributed by atoms with van der Waals surface area (Å²) in [5.41, 5.74) is 2.12. The van der Waals surface area contributed by atoms with Crippen LogP contribution in [0.1, 0.15) is 33.1 Å². The van der Waals surface area contributed by atoms with Gasteiger partial charge in [-0.1, -0.05) is 13.8 Å². The molecule has 0 saturated carbocycles. The zero-order chi connectivity index (χ0) is 9.40. The Hall–Kier alpha value is -0.220. The molecule has 0 aliphatic carbocycles. The molecule has 0 rings (SSSR count). The van der Waals surface area contributed by atoms with Crippen LogP contribution < -0.4 is 11.3 Å². The normalized spacial score (nSPS) is 12.6. The third-order valence-corrected chi connectivity index (χ3v) is 3.11. The van der Waals surface area contributed by atoms with Gasteiger partial charge in [0.1, 0.15) is 0 Å². The minimum atomic E-state index is -0.0697. The Morgan fingerprint density at radius 1 is 1.67 bits per heavy atom. The second-order valence-electron chi connectivity index (χ2n) is 2.76. The molecule has 0 aromatic rings. The quantitative estimate of drug-likeness (QED) is 0.287. The van der Waals surface area contributed by atoms with E-state index in [2.05, 4.69) is 19.3 Å². The Balaban J connectivity index is 3.15. The van der Waals surface area contributed by atoms with Crippen molar-refractivity contribution in [2.75, 3.05) is 5.75 Å². The molecule has 0 saturated heterocycles. The van der Waals surface area contributed by atoms with Gasteiger partial charge in [0.05, 0.1) is 0 Å². The van der Waals surface area contributed by atoms with Gasteiger partial charge in [-0.05, 0) is 18.6 Å². The molecule has 0 aromatic carbocycles. The van der Waals surface area contributed by atoms with Gasteiger partial charge in [-0.15, -0.1) is 0 Å². The van der Waals surface area contributed by atoms with E-state index in [1.165, 1.54) is 6.42 Å². The van der Waals surface area contributed by atoms with Crippen LogP contribution in [0.15, 0.2) is 0 Å². The Kier molecular flexibility index (Phi) is 7.29. The predicted octanol–water partition coefficient (Wildman–Crippen LogP) is 1.29. The molecule has 1 atom stereocenters. The molecule has 3 nitrogen and oxygen atoms in total. The molecule has 0 aromatic heterocycles. The number of rotatable bonds is 6. The number of nitrogens with one attached hydrogen (secondary N) is 1. The van der Waals surface area contributed by atoms with E-state index in [1.54, 1.807) is 0 Å². The van der Waals surface area contributed by atoms with Gasteiger partial charge in [0.15, 0.2) is 0 Å². The van der Waals surface area contributed by atoms with Crippen LogP contribution in [-0.4, -0.2) is 16.9 Å². The van der Waals surface area contributed by atoms with Crippen LogP contribution in [0.3, 0.4) is 0 Å². The summed E-state index contributed by atoms with van der Waals surface area (Å²) in [7, 11) is 0. The third-order valence-electron chi connectivity index (χ3n) is 1.69. The molecule has 0 aliphatic rings. The van der Waals surface area contributed by atoms with Gasteiger partial charge in [0, 0.05) is 11.7 Å². The molecule has 4 heteroatoms. The molecular weight excluding hydrogens is 172 g/mol. The van der Waals surface area contributed by atoms with Gasteiger partial charge in [-0.25, -0.2) is 5.84 Å². The van der Waals surface area contributed by atoms with Crippen molar-refractivity contribution in [1.82, 2.24) is 5.43 Å². The standard InChI is InChI=1S/C8H18N2OS/c1-3-7(2)12-6-4-5-8(11)10-9/h7H,3-6,9H2,1-2H3,(H,10,11). The molecule has 0 spiro atoms. The molecule has 1 unspecified atom stereocenters. The number of hydrogen-bond acceptors (Lipinski definition) is 3. The molecule has 1 amide bonds. The number of thioether (sulfide) groups is 1. The zero-order valence-electron chi connectivity index (χ0n) is 7.80. The monoisotopic (exact) mass is 190 g/mol. The minimum absolute atomic E-state index is 0.0697. The van der Waals surface area contributed by atoms with Gasteiger partial charge < -0.3 is 0 Å². The summed E-state index contributed by atoms with van der Waals surface area (Å²) < 4.78 is 0. The highest BCUT2D eigenvalue weighted by molar-refractivity contribution is 7.99. The molecule has 3 N–H and O–H groups in total. The van der Waals surface area contributed by atoms with Crippen LogP contribution in [0.25, 0.3) is 0 Å². The first-order valence-electron chi connectivity index (χ1n) is 4.31. The lowest BCUT2D eigenvalue weighted by Gasteiger charge is -2.06. The van der Waals surface area contributed by atoms with Crippen LogP contribution >= 0.6 is 11.8 Å². The van der Waals surface area contributed by atoms with E-state index in [0.717, 1.165) is 12.2 Å². The summed E-state index contributed by atoms with van der Waals surface area (Å²) in [6.45, 7) is 4.37. The molecule has 0 bridgehead atoms. The molecule has 0 radical (unpaired) electrons. The number of nitrogens with two attached hydrogens (primary N) is 1. The lowest BCUT2D eigenvalue weighted by atomic mass is 10.3. The summed E-state index contributed by atoms with van der Waals surface area (Å²) >= 11 is 1.91. The van der Waals surface area contributed by atoms with Gasteiger partial charge in [0.2, 0.25) is 5.91 Å². The maximum atomic E-state index is 10.7. The van der Waals surface area contributed by atoms with Gasteiger partial charge in [0.25, 0.3) is 0 Å². The van der Waals surface area contributed by atoms with Crippen molar-refractivity contribution >= 4 is 17.7 Å². The summed E-state index contributed by atoms with van der Waals surface area (Å²) in [5.74, 6) is 5.91. The fourth-order valence-electron chi connectivity index (χ4n) is 0.707. The SMILES string of the molecule is CCC(C)SCCCC(=O)NN. The summed E-state index contributed by atoms with van der Waals surface area (Å²) in [4.78, 5) is 10.7. The Labute approximate surface area is 78.4 Å². The number of carbonyl (C=O) groups is 1. The summed E-state index contributed by atoms with van der Waals surface area (Å²) in [6, 6.07) is 0. The highest BCUT2D eigenvalue weighted by Crippen LogP contribution is 2.14. The summed E-state index contributed by atoms with van der Waals surface area (Å²) in [5, 5.41) is 0.700. The largest absolute Gasteiger partial charge is 0.294 e. The van der Waals surface area contributed by atoms with Crippen LogP contribution in [0.4, 0.5) is 0 Å². The van der Waals surface area contributed by atoms with Crippen molar-refractivity contribution in [2.24, 2.45) is 5.84 Å². The lowest BCUT2D eigenvalue weighted by Crippen LogP contribution is -2.29. The molecular formula is C8H18N2OS. The van der Waals surface area contributed by atoms with E-state index >= 15 is 0 Å². The second-order valence-corrected chi connectivity index (χ2v) is 4.31.